The van der Waals surface area contributed by atoms with Gasteiger partial charge in [0.1, 0.15) is 6.04 Å². The minimum atomic E-state index is -0.570. The number of hydrogen-bond donors (Lipinski definition) is 0. The van der Waals surface area contributed by atoms with E-state index in [0.717, 1.165) is 18.5 Å². The van der Waals surface area contributed by atoms with Gasteiger partial charge in [-0.2, -0.15) is 0 Å². The Morgan fingerprint density at radius 1 is 0.759 bits per heavy atom. The standard InChI is InChI=1S/C20H15Cl4N3O2/c21-10-2-3-14(15(24)9-10)17-16-18(26-5-1-4-25(17)26)20(29)27(19(16)28)13-7-11(22)6-12(23)8-13/h2-3,6-9,16-18H,1,4-5H2. The first kappa shape index (κ1) is 19.6. The normalized spacial score (nSPS) is 27.0. The summed E-state index contributed by atoms with van der Waals surface area (Å²) in [6.07, 6.45) is 0.912. The second-order valence-electron chi connectivity index (χ2n) is 7.40. The van der Waals surface area contributed by atoms with Crippen molar-refractivity contribution >= 4 is 63.9 Å². The lowest BCUT2D eigenvalue weighted by molar-refractivity contribution is -0.126. The van der Waals surface area contributed by atoms with Gasteiger partial charge in [-0.3, -0.25) is 9.59 Å². The van der Waals surface area contributed by atoms with Gasteiger partial charge in [-0.25, -0.2) is 14.9 Å². The van der Waals surface area contributed by atoms with Crippen molar-refractivity contribution < 1.29 is 9.59 Å². The van der Waals surface area contributed by atoms with Crippen molar-refractivity contribution in [3.63, 3.8) is 0 Å². The Kier molecular flexibility index (Phi) is 4.81. The van der Waals surface area contributed by atoms with Crippen LogP contribution in [0.25, 0.3) is 0 Å². The second kappa shape index (κ2) is 7.12. The third kappa shape index (κ3) is 2.99. The lowest BCUT2D eigenvalue weighted by Gasteiger charge is -2.30. The summed E-state index contributed by atoms with van der Waals surface area (Å²) in [7, 11) is 0. The Bertz CT molecular complexity index is 1030. The van der Waals surface area contributed by atoms with Crippen LogP contribution in [-0.2, 0) is 9.59 Å². The van der Waals surface area contributed by atoms with E-state index in [1.165, 1.54) is 4.90 Å². The number of carbonyl (C=O) groups is 2. The highest BCUT2D eigenvalue weighted by Crippen LogP contribution is 2.50. The molecule has 0 N–H and O–H groups in total. The molecule has 2 amide bonds. The first-order valence-electron chi connectivity index (χ1n) is 9.19. The van der Waals surface area contributed by atoms with Gasteiger partial charge < -0.3 is 0 Å². The summed E-state index contributed by atoms with van der Waals surface area (Å²) in [5, 5.41) is 5.85. The lowest BCUT2D eigenvalue weighted by Crippen LogP contribution is -2.44. The van der Waals surface area contributed by atoms with Crippen molar-refractivity contribution in [1.29, 1.82) is 0 Å². The van der Waals surface area contributed by atoms with Gasteiger partial charge in [0, 0.05) is 33.2 Å². The molecule has 29 heavy (non-hydrogen) atoms. The SMILES string of the molecule is O=C1C2C(C(=O)N1c1cc(Cl)cc(Cl)c1)N1CCCN1C2c1ccc(Cl)cc1Cl. The summed E-state index contributed by atoms with van der Waals surface area (Å²) in [5.74, 6) is -1.11. The number of amides is 2. The first-order valence-corrected chi connectivity index (χ1v) is 10.7. The molecule has 3 aliphatic heterocycles. The van der Waals surface area contributed by atoms with Crippen LogP contribution in [0.4, 0.5) is 5.69 Å². The van der Waals surface area contributed by atoms with E-state index in [-0.39, 0.29) is 17.9 Å². The van der Waals surface area contributed by atoms with Gasteiger partial charge in [0.05, 0.1) is 17.6 Å². The monoisotopic (exact) mass is 469 g/mol. The van der Waals surface area contributed by atoms with E-state index in [1.54, 1.807) is 30.3 Å². The molecule has 0 bridgehead atoms. The fourth-order valence-corrected chi connectivity index (χ4v) is 5.79. The van der Waals surface area contributed by atoms with Crippen LogP contribution in [-0.4, -0.2) is 41.0 Å². The van der Waals surface area contributed by atoms with Gasteiger partial charge in [0.2, 0.25) is 5.91 Å². The third-order valence-electron chi connectivity index (χ3n) is 5.79. The number of hydrogen-bond acceptors (Lipinski definition) is 4. The van der Waals surface area contributed by atoms with Gasteiger partial charge in [0.25, 0.3) is 5.91 Å². The molecule has 9 heteroatoms. The second-order valence-corrected chi connectivity index (χ2v) is 9.12. The summed E-state index contributed by atoms with van der Waals surface area (Å²) in [6.45, 7) is 1.48. The zero-order valence-corrected chi connectivity index (χ0v) is 18.0. The van der Waals surface area contributed by atoms with Crippen molar-refractivity contribution in [1.82, 2.24) is 10.0 Å². The predicted molar refractivity (Wildman–Crippen MR) is 113 cm³/mol. The Morgan fingerprint density at radius 3 is 2.07 bits per heavy atom. The summed E-state index contributed by atoms with van der Waals surface area (Å²) in [4.78, 5) is 28.1. The summed E-state index contributed by atoms with van der Waals surface area (Å²) >= 11 is 24.8. The van der Waals surface area contributed by atoms with Gasteiger partial charge in [0.15, 0.2) is 0 Å². The van der Waals surface area contributed by atoms with Crippen molar-refractivity contribution in [3.8, 4) is 0 Å². The minimum Gasteiger partial charge on any atom is -0.274 e. The maximum atomic E-state index is 13.5. The molecule has 0 spiro atoms. The van der Waals surface area contributed by atoms with Crippen LogP contribution in [0.1, 0.15) is 18.0 Å². The maximum absolute atomic E-state index is 13.5. The van der Waals surface area contributed by atoms with Crippen LogP contribution < -0.4 is 4.90 Å². The average molecular weight is 471 g/mol. The number of hydrazine groups is 1. The average Bonchev–Trinajstić information content (AvgIpc) is 3.27. The number of anilines is 1. The molecule has 3 fully saturated rings. The Labute approximate surface area is 187 Å². The van der Waals surface area contributed by atoms with E-state index in [2.05, 4.69) is 5.01 Å². The molecular weight excluding hydrogens is 456 g/mol. The van der Waals surface area contributed by atoms with Gasteiger partial charge in [-0.15, -0.1) is 0 Å². The van der Waals surface area contributed by atoms with Crippen LogP contribution in [0.15, 0.2) is 36.4 Å². The van der Waals surface area contributed by atoms with Crippen molar-refractivity contribution in [3.05, 3.63) is 62.1 Å². The topological polar surface area (TPSA) is 43.9 Å². The molecule has 2 aromatic rings. The molecule has 0 aliphatic carbocycles. The molecule has 0 radical (unpaired) electrons. The minimum absolute atomic E-state index is 0.266. The quantitative estimate of drug-likeness (QED) is 0.589. The number of halogens is 4. The van der Waals surface area contributed by atoms with E-state index in [0.29, 0.717) is 32.3 Å². The molecule has 3 aliphatic rings. The highest BCUT2D eigenvalue weighted by molar-refractivity contribution is 6.36. The molecule has 2 aromatic carbocycles. The number of rotatable bonds is 2. The molecule has 0 saturated carbocycles. The number of benzene rings is 2. The van der Waals surface area contributed by atoms with E-state index in [4.69, 9.17) is 46.4 Å². The molecule has 3 atom stereocenters. The van der Waals surface area contributed by atoms with E-state index in [1.807, 2.05) is 11.1 Å². The highest BCUT2D eigenvalue weighted by atomic mass is 35.5. The molecule has 5 rings (SSSR count). The smallest absolute Gasteiger partial charge is 0.253 e. The van der Waals surface area contributed by atoms with Crippen molar-refractivity contribution in [2.45, 2.75) is 18.5 Å². The predicted octanol–water partition coefficient (Wildman–Crippen LogP) is 4.84. The summed E-state index contributed by atoms with van der Waals surface area (Å²) in [6, 6.07) is 9.09. The molecule has 0 aromatic heterocycles. The van der Waals surface area contributed by atoms with Crippen LogP contribution >= 0.6 is 46.4 Å². The number of fused-ring (bicyclic) bond motifs is 3. The first-order chi connectivity index (χ1) is 13.9. The molecule has 3 saturated heterocycles. The molecule has 3 unspecified atom stereocenters. The number of imide groups is 1. The number of nitrogens with zero attached hydrogens (tertiary/aromatic N) is 3. The molecule has 5 nitrogen and oxygen atoms in total. The van der Waals surface area contributed by atoms with Gasteiger partial charge in [-0.1, -0.05) is 52.5 Å². The summed E-state index contributed by atoms with van der Waals surface area (Å²) < 4.78 is 0. The van der Waals surface area contributed by atoms with Crippen LogP contribution in [0.3, 0.4) is 0 Å². The largest absolute Gasteiger partial charge is 0.274 e. The van der Waals surface area contributed by atoms with E-state index >= 15 is 0 Å². The fraction of sp³-hybridized carbons (Fsp3) is 0.300. The fourth-order valence-electron chi connectivity index (χ4n) is 4.75. The van der Waals surface area contributed by atoms with Crippen LogP contribution in [0, 0.1) is 5.92 Å². The lowest BCUT2D eigenvalue weighted by atomic mass is 9.90. The van der Waals surface area contributed by atoms with Crippen LogP contribution in [0.5, 0.6) is 0 Å². The maximum Gasteiger partial charge on any atom is 0.253 e. The van der Waals surface area contributed by atoms with Crippen LogP contribution in [0.2, 0.25) is 20.1 Å². The summed E-state index contributed by atoms with van der Waals surface area (Å²) in [5.41, 5.74) is 1.18. The molecule has 3 heterocycles. The Morgan fingerprint density at radius 2 is 1.41 bits per heavy atom. The molecular formula is C20H15Cl4N3O2. The zero-order chi connectivity index (χ0) is 20.4. The number of carbonyl (C=O) groups excluding carboxylic acids is 2. The Balaban J connectivity index is 1.61. The van der Waals surface area contributed by atoms with Gasteiger partial charge in [-0.05, 0) is 42.3 Å². The van der Waals surface area contributed by atoms with Crippen molar-refractivity contribution in [2.24, 2.45) is 5.92 Å². The molecule has 150 valence electrons. The van der Waals surface area contributed by atoms with E-state index in [9.17, 15) is 9.59 Å². The van der Waals surface area contributed by atoms with Crippen molar-refractivity contribution in [2.75, 3.05) is 18.0 Å². The highest BCUT2D eigenvalue weighted by Gasteiger charge is 2.63. The Hall–Kier alpha value is -1.34. The van der Waals surface area contributed by atoms with E-state index < -0.39 is 12.0 Å². The third-order valence-corrected chi connectivity index (χ3v) is 6.79. The zero-order valence-electron chi connectivity index (χ0n) is 15.0. The van der Waals surface area contributed by atoms with Gasteiger partial charge >= 0.3 is 0 Å².